The minimum atomic E-state index is -0.544. The molecule has 0 aliphatic rings. The lowest BCUT2D eigenvalue weighted by molar-refractivity contribution is -0.142. The van der Waals surface area contributed by atoms with Crippen molar-refractivity contribution < 1.29 is 14.3 Å². The summed E-state index contributed by atoms with van der Waals surface area (Å²) in [5.74, 6) is 0.268. The number of amides is 2. The molecule has 29 heavy (non-hydrogen) atoms. The van der Waals surface area contributed by atoms with Gasteiger partial charge in [-0.15, -0.1) is 0 Å². The maximum Gasteiger partial charge on any atom is 0.261 e. The summed E-state index contributed by atoms with van der Waals surface area (Å²) in [7, 11) is 0. The molecule has 0 aliphatic carbocycles. The zero-order valence-electron chi connectivity index (χ0n) is 17.5. The van der Waals surface area contributed by atoms with Gasteiger partial charge in [-0.1, -0.05) is 47.1 Å². The van der Waals surface area contributed by atoms with E-state index in [9.17, 15) is 9.59 Å². The molecule has 0 fully saturated rings. The Morgan fingerprint density at radius 1 is 1.10 bits per heavy atom. The molecule has 1 unspecified atom stereocenters. The summed E-state index contributed by atoms with van der Waals surface area (Å²) in [6.07, 6.45) is 0.529. The first-order valence-corrected chi connectivity index (χ1v) is 10.7. The molecule has 0 heterocycles. The van der Waals surface area contributed by atoms with Gasteiger partial charge in [0, 0.05) is 17.6 Å². The number of aryl methyl sites for hydroxylation is 2. The van der Waals surface area contributed by atoms with Crippen molar-refractivity contribution in [3.8, 4) is 5.75 Å². The Kier molecular flexibility index (Phi) is 8.70. The minimum Gasteiger partial charge on any atom is -0.484 e. The Hall–Kier alpha value is -2.34. The summed E-state index contributed by atoms with van der Waals surface area (Å²) in [6.45, 7) is 8.52. The van der Waals surface area contributed by atoms with E-state index in [0.29, 0.717) is 25.3 Å². The molecule has 2 amide bonds. The first-order valence-electron chi connectivity index (χ1n) is 9.88. The number of nitrogens with zero attached hydrogens (tertiary/aromatic N) is 1. The van der Waals surface area contributed by atoms with Gasteiger partial charge >= 0.3 is 0 Å². The van der Waals surface area contributed by atoms with E-state index >= 15 is 0 Å². The number of nitrogens with one attached hydrogen (secondary N) is 1. The Morgan fingerprint density at radius 2 is 1.83 bits per heavy atom. The Bertz CT molecular complexity index is 854. The highest BCUT2D eigenvalue weighted by Crippen LogP contribution is 2.22. The topological polar surface area (TPSA) is 58.6 Å². The highest BCUT2D eigenvalue weighted by atomic mass is 79.9. The maximum atomic E-state index is 13.1. The van der Waals surface area contributed by atoms with E-state index in [1.54, 1.807) is 4.90 Å². The van der Waals surface area contributed by atoms with Crippen LogP contribution in [0.1, 0.15) is 37.0 Å². The SMILES string of the molecule is CCNC(=O)C(CC)N(Cc1ccccc1C)C(=O)COc1ccc(Br)c(C)c1. The monoisotopic (exact) mass is 460 g/mol. The third kappa shape index (κ3) is 6.32. The van der Waals surface area contributed by atoms with Gasteiger partial charge in [-0.05, 0) is 62.1 Å². The molecule has 6 heteroatoms. The number of rotatable bonds is 9. The van der Waals surface area contributed by atoms with Crippen molar-refractivity contribution in [1.29, 1.82) is 0 Å². The van der Waals surface area contributed by atoms with Gasteiger partial charge in [0.2, 0.25) is 5.91 Å². The lowest BCUT2D eigenvalue weighted by Crippen LogP contribution is -2.50. The number of hydrogen-bond donors (Lipinski definition) is 1. The first-order chi connectivity index (χ1) is 13.9. The predicted molar refractivity (Wildman–Crippen MR) is 119 cm³/mol. The lowest BCUT2D eigenvalue weighted by Gasteiger charge is -2.31. The van der Waals surface area contributed by atoms with Crippen molar-refractivity contribution in [3.63, 3.8) is 0 Å². The molecular weight excluding hydrogens is 432 g/mol. The average Bonchev–Trinajstić information content (AvgIpc) is 2.70. The standard InChI is InChI=1S/C23H29BrN2O3/c1-5-21(23(28)25-6-2)26(14-18-10-8-7-9-16(18)3)22(27)15-29-19-11-12-20(24)17(4)13-19/h7-13,21H,5-6,14-15H2,1-4H3,(H,25,28). The Morgan fingerprint density at radius 3 is 2.45 bits per heavy atom. The summed E-state index contributed by atoms with van der Waals surface area (Å²) in [5.41, 5.74) is 3.13. The molecule has 5 nitrogen and oxygen atoms in total. The summed E-state index contributed by atoms with van der Waals surface area (Å²) < 4.78 is 6.73. The molecule has 0 aromatic heterocycles. The van der Waals surface area contributed by atoms with Crippen LogP contribution >= 0.6 is 15.9 Å². The van der Waals surface area contributed by atoms with Crippen LogP contribution in [0.25, 0.3) is 0 Å². The van der Waals surface area contributed by atoms with E-state index in [1.165, 1.54) is 0 Å². The molecule has 0 bridgehead atoms. The van der Waals surface area contributed by atoms with Crippen LogP contribution in [0.3, 0.4) is 0 Å². The van der Waals surface area contributed by atoms with Crippen LogP contribution in [0.15, 0.2) is 46.9 Å². The van der Waals surface area contributed by atoms with E-state index in [1.807, 2.05) is 70.2 Å². The molecule has 1 N–H and O–H groups in total. The van der Waals surface area contributed by atoms with E-state index in [-0.39, 0.29) is 18.4 Å². The lowest BCUT2D eigenvalue weighted by atomic mass is 10.1. The normalized spacial score (nSPS) is 11.6. The van der Waals surface area contributed by atoms with Crippen LogP contribution in [-0.2, 0) is 16.1 Å². The summed E-state index contributed by atoms with van der Waals surface area (Å²) in [5, 5.41) is 2.84. The molecule has 0 aliphatic heterocycles. The molecular formula is C23H29BrN2O3. The summed E-state index contributed by atoms with van der Waals surface area (Å²) >= 11 is 3.46. The molecule has 0 saturated heterocycles. The van der Waals surface area contributed by atoms with Gasteiger partial charge in [-0.2, -0.15) is 0 Å². The molecule has 2 aromatic rings. The first kappa shape index (κ1) is 22.9. The number of benzene rings is 2. The second kappa shape index (κ2) is 11.0. The smallest absolute Gasteiger partial charge is 0.261 e. The molecule has 0 radical (unpaired) electrons. The van der Waals surface area contributed by atoms with Crippen molar-refractivity contribution in [2.24, 2.45) is 0 Å². The van der Waals surface area contributed by atoms with Crippen molar-refractivity contribution in [2.75, 3.05) is 13.2 Å². The van der Waals surface area contributed by atoms with Crippen molar-refractivity contribution in [3.05, 3.63) is 63.6 Å². The van der Waals surface area contributed by atoms with Crippen LogP contribution in [0.4, 0.5) is 0 Å². The molecule has 0 spiro atoms. The summed E-state index contributed by atoms with van der Waals surface area (Å²) in [4.78, 5) is 27.3. The fourth-order valence-corrected chi connectivity index (χ4v) is 3.36. The van der Waals surface area contributed by atoms with Gasteiger partial charge in [0.05, 0.1) is 0 Å². The van der Waals surface area contributed by atoms with Gasteiger partial charge in [0.1, 0.15) is 11.8 Å². The van der Waals surface area contributed by atoms with Gasteiger partial charge in [0.25, 0.3) is 5.91 Å². The van der Waals surface area contributed by atoms with Gasteiger partial charge < -0.3 is 15.0 Å². The Labute approximate surface area is 181 Å². The maximum absolute atomic E-state index is 13.1. The fraction of sp³-hybridized carbons (Fsp3) is 0.391. The molecule has 156 valence electrons. The van der Waals surface area contributed by atoms with Gasteiger partial charge in [-0.3, -0.25) is 9.59 Å². The van der Waals surface area contributed by atoms with Gasteiger partial charge in [-0.25, -0.2) is 0 Å². The number of carbonyl (C=O) groups is 2. The van der Waals surface area contributed by atoms with E-state index in [4.69, 9.17) is 4.74 Å². The quantitative estimate of drug-likeness (QED) is 0.603. The van der Waals surface area contributed by atoms with Crippen molar-refractivity contribution in [1.82, 2.24) is 10.2 Å². The van der Waals surface area contributed by atoms with Crippen LogP contribution in [0, 0.1) is 13.8 Å². The number of halogens is 1. The highest BCUT2D eigenvalue weighted by molar-refractivity contribution is 9.10. The predicted octanol–water partition coefficient (Wildman–Crippen LogP) is 4.39. The second-order valence-electron chi connectivity index (χ2n) is 6.97. The molecule has 2 aromatic carbocycles. The number of likely N-dealkylation sites (N-methyl/N-ethyl adjacent to an activating group) is 1. The van der Waals surface area contributed by atoms with Gasteiger partial charge in [0.15, 0.2) is 6.61 Å². The zero-order valence-corrected chi connectivity index (χ0v) is 19.1. The number of hydrogen-bond acceptors (Lipinski definition) is 3. The highest BCUT2D eigenvalue weighted by Gasteiger charge is 2.28. The Balaban J connectivity index is 2.22. The van der Waals surface area contributed by atoms with Crippen LogP contribution in [0.5, 0.6) is 5.75 Å². The van der Waals surface area contributed by atoms with Crippen LogP contribution in [-0.4, -0.2) is 35.9 Å². The molecule has 0 saturated carbocycles. The fourth-order valence-electron chi connectivity index (χ4n) is 3.12. The van der Waals surface area contributed by atoms with E-state index in [2.05, 4.69) is 21.2 Å². The van der Waals surface area contributed by atoms with Crippen LogP contribution < -0.4 is 10.1 Å². The summed E-state index contributed by atoms with van der Waals surface area (Å²) in [6, 6.07) is 12.9. The number of ether oxygens (including phenoxy) is 1. The minimum absolute atomic E-state index is 0.122. The molecule has 2 rings (SSSR count). The second-order valence-corrected chi connectivity index (χ2v) is 7.82. The van der Waals surface area contributed by atoms with E-state index < -0.39 is 6.04 Å². The van der Waals surface area contributed by atoms with Crippen molar-refractivity contribution >= 4 is 27.7 Å². The zero-order chi connectivity index (χ0) is 21.4. The largest absolute Gasteiger partial charge is 0.484 e. The van der Waals surface area contributed by atoms with E-state index in [0.717, 1.165) is 21.2 Å². The third-order valence-corrected chi connectivity index (χ3v) is 5.72. The van der Waals surface area contributed by atoms with Crippen LogP contribution in [0.2, 0.25) is 0 Å². The average molecular weight is 461 g/mol. The third-order valence-electron chi connectivity index (χ3n) is 4.83. The molecule has 1 atom stereocenters. The number of carbonyl (C=O) groups excluding carboxylic acids is 2. The van der Waals surface area contributed by atoms with Crippen molar-refractivity contribution in [2.45, 2.75) is 46.7 Å².